The van der Waals surface area contributed by atoms with Gasteiger partial charge in [0.05, 0.1) is 0 Å². The fourth-order valence-electron chi connectivity index (χ4n) is 3.10. The van der Waals surface area contributed by atoms with E-state index in [1.54, 1.807) is 22.1 Å². The third-order valence-corrected chi connectivity index (χ3v) is 4.66. The van der Waals surface area contributed by atoms with Crippen molar-refractivity contribution in [2.24, 2.45) is 0 Å². The maximum Gasteiger partial charge on any atom is 0.272 e. The van der Waals surface area contributed by atoms with E-state index >= 15 is 0 Å². The second-order valence-electron chi connectivity index (χ2n) is 6.40. The Hall–Kier alpha value is -3.29. The molecule has 8 nitrogen and oxygen atoms in total. The fourth-order valence-corrected chi connectivity index (χ4v) is 3.10. The normalized spacial score (nSPS) is 15.6. The fraction of sp³-hybridized carbons (Fsp3) is 0.316. The third-order valence-electron chi connectivity index (χ3n) is 4.66. The number of nitrogens with zero attached hydrogens (tertiary/aromatic N) is 3. The van der Waals surface area contributed by atoms with Gasteiger partial charge in [0.2, 0.25) is 13.2 Å². The van der Waals surface area contributed by atoms with Crippen LogP contribution in [0.4, 0.5) is 5.69 Å². The molecule has 1 aromatic carbocycles. The summed E-state index contributed by atoms with van der Waals surface area (Å²) in [4.78, 5) is 31.0. The number of hydrogen-bond donors (Lipinski definition) is 1. The molecule has 0 radical (unpaired) electrons. The maximum atomic E-state index is 12.6. The van der Waals surface area contributed by atoms with Gasteiger partial charge in [-0.2, -0.15) is 0 Å². The van der Waals surface area contributed by atoms with E-state index in [0.717, 1.165) is 29.2 Å². The summed E-state index contributed by atoms with van der Waals surface area (Å²) >= 11 is 0. The standard InChI is InChI=1S/C19H20N4O4/c24-12-22-5-7-23(8-6-22)19(25)16-10-15(3-4-20-16)21-11-14-1-2-17-18(9-14)27-13-26-17/h1-4,9-10,12H,5-8,11,13H2,(H,20,21). The number of carbonyl (C=O) groups excluding carboxylic acids is 2. The Bertz CT molecular complexity index is 849. The topological polar surface area (TPSA) is 84.0 Å². The molecule has 0 bridgehead atoms. The number of aromatic nitrogens is 1. The van der Waals surface area contributed by atoms with Crippen LogP contribution in [-0.2, 0) is 11.3 Å². The highest BCUT2D eigenvalue weighted by Gasteiger charge is 2.22. The SMILES string of the molecule is O=CN1CCN(C(=O)c2cc(NCc3ccc4c(c3)OCO4)ccn2)CC1. The summed E-state index contributed by atoms with van der Waals surface area (Å²) in [5, 5.41) is 3.30. The number of piperazine rings is 1. The van der Waals surface area contributed by atoms with Gasteiger partial charge in [-0.1, -0.05) is 6.07 Å². The van der Waals surface area contributed by atoms with E-state index in [1.165, 1.54) is 0 Å². The molecular formula is C19H20N4O4. The number of benzene rings is 1. The molecule has 1 fully saturated rings. The van der Waals surface area contributed by atoms with Crippen LogP contribution in [0, 0.1) is 0 Å². The van der Waals surface area contributed by atoms with Gasteiger partial charge in [-0.3, -0.25) is 14.6 Å². The van der Waals surface area contributed by atoms with Gasteiger partial charge in [0, 0.05) is 44.6 Å². The molecule has 0 atom stereocenters. The molecular weight excluding hydrogens is 348 g/mol. The van der Waals surface area contributed by atoms with Gasteiger partial charge in [-0.05, 0) is 29.8 Å². The number of hydrogen-bond acceptors (Lipinski definition) is 6. The summed E-state index contributed by atoms with van der Waals surface area (Å²) in [6.45, 7) is 2.99. The molecule has 3 heterocycles. The first-order valence-corrected chi connectivity index (χ1v) is 8.80. The summed E-state index contributed by atoms with van der Waals surface area (Å²) < 4.78 is 10.7. The number of pyridine rings is 1. The Morgan fingerprint density at radius 3 is 2.74 bits per heavy atom. The predicted octanol–water partition coefficient (Wildman–Crippen LogP) is 1.34. The Morgan fingerprint density at radius 1 is 1.11 bits per heavy atom. The lowest BCUT2D eigenvalue weighted by Crippen LogP contribution is -2.48. The van der Waals surface area contributed by atoms with E-state index in [2.05, 4.69) is 10.3 Å². The minimum atomic E-state index is -0.118. The first-order valence-electron chi connectivity index (χ1n) is 8.80. The number of ether oxygens (including phenoxy) is 2. The molecule has 0 saturated carbocycles. The van der Waals surface area contributed by atoms with Gasteiger partial charge in [-0.25, -0.2) is 0 Å². The Morgan fingerprint density at radius 2 is 1.93 bits per heavy atom. The van der Waals surface area contributed by atoms with Gasteiger partial charge < -0.3 is 24.6 Å². The lowest BCUT2D eigenvalue weighted by atomic mass is 10.2. The van der Waals surface area contributed by atoms with Crippen LogP contribution in [-0.4, -0.2) is 60.1 Å². The van der Waals surface area contributed by atoms with Crippen LogP contribution in [0.5, 0.6) is 11.5 Å². The van der Waals surface area contributed by atoms with Crippen LogP contribution in [0.3, 0.4) is 0 Å². The number of amides is 2. The summed E-state index contributed by atoms with van der Waals surface area (Å²) in [7, 11) is 0. The Labute approximate surface area is 156 Å². The van der Waals surface area contributed by atoms with Crippen LogP contribution in [0.2, 0.25) is 0 Å². The Balaban J connectivity index is 1.39. The molecule has 8 heteroatoms. The molecule has 2 aromatic rings. The number of nitrogens with one attached hydrogen (secondary N) is 1. The lowest BCUT2D eigenvalue weighted by Gasteiger charge is -2.32. The van der Waals surface area contributed by atoms with Crippen molar-refractivity contribution >= 4 is 18.0 Å². The smallest absolute Gasteiger partial charge is 0.272 e. The largest absolute Gasteiger partial charge is 0.454 e. The second-order valence-corrected chi connectivity index (χ2v) is 6.40. The highest BCUT2D eigenvalue weighted by molar-refractivity contribution is 5.93. The van der Waals surface area contributed by atoms with E-state index in [4.69, 9.17) is 9.47 Å². The summed E-state index contributed by atoms with van der Waals surface area (Å²) in [5.41, 5.74) is 2.26. The predicted molar refractivity (Wildman–Crippen MR) is 97.7 cm³/mol. The van der Waals surface area contributed by atoms with Crippen molar-refractivity contribution in [3.05, 3.63) is 47.8 Å². The maximum absolute atomic E-state index is 12.6. The van der Waals surface area contributed by atoms with Crippen molar-refractivity contribution < 1.29 is 19.1 Å². The highest BCUT2D eigenvalue weighted by Crippen LogP contribution is 2.32. The van der Waals surface area contributed by atoms with E-state index in [0.29, 0.717) is 38.4 Å². The molecule has 2 aliphatic heterocycles. The van der Waals surface area contributed by atoms with Crippen molar-refractivity contribution in [2.45, 2.75) is 6.54 Å². The zero-order valence-electron chi connectivity index (χ0n) is 14.8. The summed E-state index contributed by atoms with van der Waals surface area (Å²) in [6, 6.07) is 9.38. The van der Waals surface area contributed by atoms with E-state index in [-0.39, 0.29) is 12.7 Å². The van der Waals surface area contributed by atoms with Crippen molar-refractivity contribution in [1.82, 2.24) is 14.8 Å². The lowest BCUT2D eigenvalue weighted by molar-refractivity contribution is -0.119. The van der Waals surface area contributed by atoms with Gasteiger partial charge in [0.15, 0.2) is 11.5 Å². The molecule has 0 aliphatic carbocycles. The van der Waals surface area contributed by atoms with Gasteiger partial charge in [0.1, 0.15) is 5.69 Å². The van der Waals surface area contributed by atoms with Gasteiger partial charge in [-0.15, -0.1) is 0 Å². The zero-order chi connectivity index (χ0) is 18.6. The molecule has 27 heavy (non-hydrogen) atoms. The first-order chi connectivity index (χ1) is 13.2. The summed E-state index contributed by atoms with van der Waals surface area (Å²) in [5.74, 6) is 1.38. The molecule has 1 saturated heterocycles. The van der Waals surface area contributed by atoms with Gasteiger partial charge in [0.25, 0.3) is 5.91 Å². The van der Waals surface area contributed by atoms with Crippen LogP contribution >= 0.6 is 0 Å². The van der Waals surface area contributed by atoms with Crippen molar-refractivity contribution in [1.29, 1.82) is 0 Å². The average Bonchev–Trinajstić information content (AvgIpc) is 3.20. The molecule has 0 spiro atoms. The molecule has 1 N–H and O–H groups in total. The number of carbonyl (C=O) groups is 2. The molecule has 0 unspecified atom stereocenters. The molecule has 140 valence electrons. The second kappa shape index (κ2) is 7.53. The van der Waals surface area contributed by atoms with Crippen molar-refractivity contribution in [3.8, 4) is 11.5 Å². The quantitative estimate of drug-likeness (QED) is 0.802. The van der Waals surface area contributed by atoms with Crippen LogP contribution in [0.1, 0.15) is 16.1 Å². The minimum absolute atomic E-state index is 0.118. The van der Waals surface area contributed by atoms with E-state index in [1.807, 2.05) is 24.3 Å². The minimum Gasteiger partial charge on any atom is -0.454 e. The molecule has 2 amide bonds. The third kappa shape index (κ3) is 3.79. The van der Waals surface area contributed by atoms with E-state index in [9.17, 15) is 9.59 Å². The molecule has 1 aromatic heterocycles. The van der Waals surface area contributed by atoms with Crippen LogP contribution in [0.25, 0.3) is 0 Å². The first kappa shape index (κ1) is 17.1. The molecule has 2 aliphatic rings. The van der Waals surface area contributed by atoms with Gasteiger partial charge >= 0.3 is 0 Å². The van der Waals surface area contributed by atoms with Crippen molar-refractivity contribution in [2.75, 3.05) is 38.3 Å². The number of fused-ring (bicyclic) bond motifs is 1. The Kier molecular flexibility index (Phi) is 4.78. The zero-order valence-corrected chi connectivity index (χ0v) is 14.8. The molecule has 4 rings (SSSR count). The van der Waals surface area contributed by atoms with Crippen molar-refractivity contribution in [3.63, 3.8) is 0 Å². The highest BCUT2D eigenvalue weighted by atomic mass is 16.7. The van der Waals surface area contributed by atoms with Crippen LogP contribution < -0.4 is 14.8 Å². The monoisotopic (exact) mass is 368 g/mol. The average molecular weight is 368 g/mol. The summed E-state index contributed by atoms with van der Waals surface area (Å²) in [6.07, 6.45) is 2.44. The number of rotatable bonds is 5. The van der Waals surface area contributed by atoms with E-state index < -0.39 is 0 Å². The van der Waals surface area contributed by atoms with Crippen LogP contribution in [0.15, 0.2) is 36.5 Å². The number of anilines is 1.